The zero-order chi connectivity index (χ0) is 15.2. The Hall–Kier alpha value is -1.63. The van der Waals surface area contributed by atoms with Crippen molar-refractivity contribution in [1.29, 1.82) is 5.26 Å². The van der Waals surface area contributed by atoms with Crippen LogP contribution in [-0.4, -0.2) is 35.2 Å². The van der Waals surface area contributed by atoms with E-state index in [1.165, 1.54) is 11.8 Å². The van der Waals surface area contributed by atoms with Gasteiger partial charge in [-0.3, -0.25) is 0 Å². The number of rotatable bonds is 4. The summed E-state index contributed by atoms with van der Waals surface area (Å²) in [7, 11) is -0.103. The lowest BCUT2D eigenvalue weighted by Gasteiger charge is -2.15. The SMILES string of the molecule is CSc1ncc(C#N)c(NC2=CC(P(C)C)C=CC=C2)n1. The van der Waals surface area contributed by atoms with Crippen molar-refractivity contribution in [2.75, 3.05) is 24.9 Å². The molecule has 1 aliphatic carbocycles. The van der Waals surface area contributed by atoms with Crippen molar-refractivity contribution in [3.05, 3.63) is 47.8 Å². The minimum atomic E-state index is -0.103. The molecule has 0 aromatic carbocycles. The molecule has 0 radical (unpaired) electrons. The van der Waals surface area contributed by atoms with Gasteiger partial charge in [0.1, 0.15) is 11.6 Å². The van der Waals surface area contributed by atoms with Crippen molar-refractivity contribution >= 4 is 25.5 Å². The molecule has 0 amide bonds. The highest BCUT2D eigenvalue weighted by Crippen LogP contribution is 2.35. The van der Waals surface area contributed by atoms with Crippen LogP contribution < -0.4 is 5.32 Å². The van der Waals surface area contributed by atoms with Gasteiger partial charge in [0.15, 0.2) is 11.0 Å². The van der Waals surface area contributed by atoms with Crippen LogP contribution in [0.25, 0.3) is 0 Å². The van der Waals surface area contributed by atoms with Gasteiger partial charge in [0.25, 0.3) is 0 Å². The van der Waals surface area contributed by atoms with Crippen molar-refractivity contribution in [3.63, 3.8) is 0 Å². The molecule has 6 heteroatoms. The van der Waals surface area contributed by atoms with Crippen LogP contribution in [0.3, 0.4) is 0 Å². The predicted molar refractivity (Wildman–Crippen MR) is 91.1 cm³/mol. The molecule has 21 heavy (non-hydrogen) atoms. The molecule has 0 saturated heterocycles. The summed E-state index contributed by atoms with van der Waals surface area (Å²) in [6, 6.07) is 2.13. The maximum Gasteiger partial charge on any atom is 0.189 e. The van der Waals surface area contributed by atoms with Crippen LogP contribution in [0.15, 0.2) is 47.4 Å². The highest BCUT2D eigenvalue weighted by Gasteiger charge is 2.11. The number of hydrogen-bond acceptors (Lipinski definition) is 5. The monoisotopic (exact) mass is 316 g/mol. The summed E-state index contributed by atoms with van der Waals surface area (Å²) in [6.07, 6.45) is 13.9. The molecule has 0 aliphatic heterocycles. The fourth-order valence-electron chi connectivity index (χ4n) is 1.81. The fraction of sp³-hybridized carbons (Fsp3) is 0.267. The molecule has 0 saturated carbocycles. The maximum atomic E-state index is 9.18. The Bertz CT molecular complexity index is 644. The number of nitriles is 1. The Morgan fingerprint density at radius 3 is 2.86 bits per heavy atom. The zero-order valence-electron chi connectivity index (χ0n) is 12.2. The first-order valence-corrected chi connectivity index (χ1v) is 9.98. The molecular formula is C15H17N4PS. The van der Waals surface area contributed by atoms with E-state index in [0.717, 1.165) is 5.70 Å². The van der Waals surface area contributed by atoms with E-state index in [0.29, 0.717) is 22.2 Å². The molecule has 1 atom stereocenters. The average Bonchev–Trinajstić information content (AvgIpc) is 2.73. The summed E-state index contributed by atoms with van der Waals surface area (Å²) in [5, 5.41) is 13.1. The molecule has 1 aliphatic rings. The zero-order valence-corrected chi connectivity index (χ0v) is 13.9. The number of nitrogens with one attached hydrogen (secondary N) is 1. The van der Waals surface area contributed by atoms with Gasteiger partial charge < -0.3 is 5.32 Å². The highest BCUT2D eigenvalue weighted by atomic mass is 32.2. The van der Waals surface area contributed by atoms with Gasteiger partial charge in [0, 0.05) is 11.4 Å². The molecule has 0 fully saturated rings. The third-order valence-electron chi connectivity index (χ3n) is 2.97. The Morgan fingerprint density at radius 2 is 2.19 bits per heavy atom. The van der Waals surface area contributed by atoms with E-state index in [4.69, 9.17) is 0 Å². The molecular weight excluding hydrogens is 299 g/mol. The van der Waals surface area contributed by atoms with E-state index < -0.39 is 0 Å². The molecule has 2 rings (SSSR count). The third kappa shape index (κ3) is 4.17. The smallest absolute Gasteiger partial charge is 0.189 e. The van der Waals surface area contributed by atoms with Gasteiger partial charge in [-0.15, -0.1) is 7.92 Å². The van der Waals surface area contributed by atoms with Crippen molar-refractivity contribution < 1.29 is 0 Å². The lowest BCUT2D eigenvalue weighted by Crippen LogP contribution is -2.06. The largest absolute Gasteiger partial charge is 0.339 e. The van der Waals surface area contributed by atoms with Crippen LogP contribution in [0.4, 0.5) is 5.82 Å². The molecule has 1 N–H and O–H groups in total. The Morgan fingerprint density at radius 1 is 1.38 bits per heavy atom. The Kier molecular flexibility index (Phi) is 5.55. The number of allylic oxidation sites excluding steroid dienone is 5. The first-order chi connectivity index (χ1) is 10.1. The van der Waals surface area contributed by atoms with E-state index in [2.05, 4.69) is 52.9 Å². The topological polar surface area (TPSA) is 61.6 Å². The minimum absolute atomic E-state index is 0.103. The molecule has 0 spiro atoms. The summed E-state index contributed by atoms with van der Waals surface area (Å²) in [5.41, 5.74) is 1.83. The second-order valence-electron chi connectivity index (χ2n) is 4.68. The van der Waals surface area contributed by atoms with Crippen LogP contribution in [0.1, 0.15) is 5.56 Å². The fourth-order valence-corrected chi connectivity index (χ4v) is 3.06. The predicted octanol–water partition coefficient (Wildman–Crippen LogP) is 3.60. The van der Waals surface area contributed by atoms with Gasteiger partial charge in [0.05, 0.1) is 6.20 Å². The van der Waals surface area contributed by atoms with Crippen molar-refractivity contribution in [2.45, 2.75) is 10.8 Å². The van der Waals surface area contributed by atoms with Crippen LogP contribution in [0.2, 0.25) is 0 Å². The van der Waals surface area contributed by atoms with E-state index in [1.54, 1.807) is 6.20 Å². The Labute approximate surface area is 130 Å². The highest BCUT2D eigenvalue weighted by molar-refractivity contribution is 7.98. The van der Waals surface area contributed by atoms with Gasteiger partial charge in [-0.05, 0) is 31.7 Å². The normalized spacial score (nSPS) is 17.3. The molecule has 1 unspecified atom stereocenters. The first kappa shape index (κ1) is 15.8. The lowest BCUT2D eigenvalue weighted by molar-refractivity contribution is 0.966. The molecule has 0 bridgehead atoms. The van der Waals surface area contributed by atoms with Crippen LogP contribution in [0.5, 0.6) is 0 Å². The van der Waals surface area contributed by atoms with Crippen molar-refractivity contribution in [1.82, 2.24) is 9.97 Å². The minimum Gasteiger partial charge on any atom is -0.339 e. The van der Waals surface area contributed by atoms with Crippen LogP contribution >= 0.6 is 19.7 Å². The number of thioether (sulfide) groups is 1. The summed E-state index contributed by atoms with van der Waals surface area (Å²) in [4.78, 5) is 8.51. The number of hydrogen-bond donors (Lipinski definition) is 1. The Balaban J connectivity index is 2.30. The van der Waals surface area contributed by atoms with Gasteiger partial charge in [0.2, 0.25) is 0 Å². The molecule has 1 aromatic rings. The van der Waals surface area contributed by atoms with Gasteiger partial charge in [-0.2, -0.15) is 5.26 Å². The molecule has 108 valence electrons. The molecule has 1 aromatic heterocycles. The standard InChI is InChI=1S/C15H17N4PS/c1-20(2)13-7-5-4-6-12(8-13)18-14-11(9-16)10-17-15(19-14)21-3/h4-8,10,13H,1-3H3,(H,17,18,19). The van der Waals surface area contributed by atoms with Crippen molar-refractivity contribution in [3.8, 4) is 6.07 Å². The van der Waals surface area contributed by atoms with Gasteiger partial charge in [-0.25, -0.2) is 9.97 Å². The second kappa shape index (κ2) is 7.40. The van der Waals surface area contributed by atoms with E-state index in [9.17, 15) is 5.26 Å². The summed E-state index contributed by atoms with van der Waals surface area (Å²) < 4.78 is 0. The average molecular weight is 316 g/mol. The van der Waals surface area contributed by atoms with E-state index in [-0.39, 0.29) is 7.92 Å². The number of nitrogens with zero attached hydrogens (tertiary/aromatic N) is 3. The maximum absolute atomic E-state index is 9.18. The number of aromatic nitrogens is 2. The quantitative estimate of drug-likeness (QED) is 0.522. The van der Waals surface area contributed by atoms with Crippen LogP contribution in [-0.2, 0) is 0 Å². The van der Waals surface area contributed by atoms with E-state index in [1.807, 2.05) is 18.4 Å². The van der Waals surface area contributed by atoms with Gasteiger partial charge in [-0.1, -0.05) is 30.0 Å². The van der Waals surface area contributed by atoms with Crippen LogP contribution in [0, 0.1) is 11.3 Å². The number of anilines is 1. The van der Waals surface area contributed by atoms with Gasteiger partial charge >= 0.3 is 0 Å². The third-order valence-corrected chi connectivity index (χ3v) is 5.05. The summed E-state index contributed by atoms with van der Waals surface area (Å²) in [5.74, 6) is 0.560. The lowest BCUT2D eigenvalue weighted by atomic mass is 10.3. The van der Waals surface area contributed by atoms with Crippen molar-refractivity contribution in [2.24, 2.45) is 0 Å². The molecule has 1 heterocycles. The van der Waals surface area contributed by atoms with E-state index >= 15 is 0 Å². The first-order valence-electron chi connectivity index (χ1n) is 6.45. The summed E-state index contributed by atoms with van der Waals surface area (Å²) >= 11 is 1.46. The molecule has 4 nitrogen and oxygen atoms in total. The summed E-state index contributed by atoms with van der Waals surface area (Å²) in [6.45, 7) is 4.50. The second-order valence-corrected chi connectivity index (χ2v) is 7.97.